The van der Waals surface area contributed by atoms with Gasteiger partial charge in [0.15, 0.2) is 0 Å². The monoisotopic (exact) mass is 323 g/mol. The van der Waals surface area contributed by atoms with Gasteiger partial charge in [0.05, 0.1) is 0 Å². The third-order valence-electron chi connectivity index (χ3n) is 4.53. The molecule has 1 aliphatic heterocycles. The van der Waals surface area contributed by atoms with Crippen LogP contribution in [0.25, 0.3) is 0 Å². The molecule has 0 aliphatic carbocycles. The first kappa shape index (κ1) is 16.4. The molecule has 1 N–H and O–H groups in total. The number of carbonyl (C=O) groups is 1. The van der Waals surface area contributed by atoms with Crippen LogP contribution >= 0.6 is 0 Å². The Bertz CT molecular complexity index is 709. The van der Waals surface area contributed by atoms with Crippen molar-refractivity contribution in [2.75, 3.05) is 35.8 Å². The molecule has 4 nitrogen and oxygen atoms in total. The van der Waals surface area contributed by atoms with Crippen LogP contribution in [0.2, 0.25) is 0 Å². The molecule has 1 heterocycles. The third kappa shape index (κ3) is 3.37. The van der Waals surface area contributed by atoms with Gasteiger partial charge < -0.3 is 15.1 Å². The average molecular weight is 323 g/mol. The van der Waals surface area contributed by atoms with Crippen LogP contribution in [0, 0.1) is 0 Å². The maximum absolute atomic E-state index is 12.6. The second-order valence-corrected chi connectivity index (χ2v) is 6.56. The summed E-state index contributed by atoms with van der Waals surface area (Å²) in [5.74, 6) is 0.185. The first-order valence-electron chi connectivity index (χ1n) is 8.47. The van der Waals surface area contributed by atoms with E-state index >= 15 is 0 Å². The van der Waals surface area contributed by atoms with E-state index in [2.05, 4.69) is 35.3 Å². The van der Waals surface area contributed by atoms with Gasteiger partial charge in [-0.15, -0.1) is 0 Å². The number of anilines is 3. The van der Waals surface area contributed by atoms with Crippen molar-refractivity contribution in [3.63, 3.8) is 0 Å². The standard InChI is InChI=1S/C20H25N3O/c1-15-14-16-6-4-5-7-19(16)23(15)20(24)12-13-21-17-8-10-18(11-9-17)22(2)3/h4-11,15,21H,12-14H2,1-3H3. The van der Waals surface area contributed by atoms with Gasteiger partial charge in [-0.2, -0.15) is 0 Å². The quantitative estimate of drug-likeness (QED) is 0.914. The van der Waals surface area contributed by atoms with Crippen LogP contribution < -0.4 is 15.1 Å². The molecule has 1 atom stereocenters. The zero-order valence-corrected chi connectivity index (χ0v) is 14.6. The molecule has 0 radical (unpaired) electrons. The fourth-order valence-corrected chi connectivity index (χ4v) is 3.26. The van der Waals surface area contributed by atoms with Gasteiger partial charge in [-0.25, -0.2) is 0 Å². The zero-order chi connectivity index (χ0) is 17.1. The summed E-state index contributed by atoms with van der Waals surface area (Å²) in [6.07, 6.45) is 1.44. The highest BCUT2D eigenvalue weighted by atomic mass is 16.2. The van der Waals surface area contributed by atoms with Gasteiger partial charge in [0.1, 0.15) is 0 Å². The third-order valence-corrected chi connectivity index (χ3v) is 4.53. The number of fused-ring (bicyclic) bond motifs is 1. The average Bonchev–Trinajstić information content (AvgIpc) is 2.91. The van der Waals surface area contributed by atoms with Crippen molar-refractivity contribution >= 4 is 23.0 Å². The molecule has 0 bridgehead atoms. The van der Waals surface area contributed by atoms with Crippen LogP contribution in [0.5, 0.6) is 0 Å². The number of hydrogen-bond acceptors (Lipinski definition) is 3. The molecule has 2 aromatic rings. The Balaban J connectivity index is 1.56. The molecule has 1 unspecified atom stereocenters. The fourth-order valence-electron chi connectivity index (χ4n) is 3.26. The van der Waals surface area contributed by atoms with Gasteiger partial charge in [-0.3, -0.25) is 4.79 Å². The maximum Gasteiger partial charge on any atom is 0.229 e. The highest BCUT2D eigenvalue weighted by molar-refractivity contribution is 5.96. The number of nitrogens with one attached hydrogen (secondary N) is 1. The maximum atomic E-state index is 12.6. The van der Waals surface area contributed by atoms with Crippen molar-refractivity contribution in [2.24, 2.45) is 0 Å². The first-order chi connectivity index (χ1) is 11.6. The van der Waals surface area contributed by atoms with Gasteiger partial charge in [0.25, 0.3) is 0 Å². The molecule has 0 spiro atoms. The molecular weight excluding hydrogens is 298 g/mol. The SMILES string of the molecule is CC1Cc2ccccc2N1C(=O)CCNc1ccc(N(C)C)cc1. The van der Waals surface area contributed by atoms with Crippen LogP contribution in [0.1, 0.15) is 18.9 Å². The van der Waals surface area contributed by atoms with E-state index in [-0.39, 0.29) is 11.9 Å². The predicted octanol–water partition coefficient (Wildman–Crippen LogP) is 3.53. The second-order valence-electron chi connectivity index (χ2n) is 6.56. The summed E-state index contributed by atoms with van der Waals surface area (Å²) in [7, 11) is 4.05. The molecule has 126 valence electrons. The van der Waals surface area contributed by atoms with Gasteiger partial charge in [0.2, 0.25) is 5.91 Å². The predicted molar refractivity (Wildman–Crippen MR) is 101 cm³/mol. The summed E-state index contributed by atoms with van der Waals surface area (Å²) in [5.41, 5.74) is 4.55. The molecular formula is C20H25N3O. The largest absolute Gasteiger partial charge is 0.385 e. The topological polar surface area (TPSA) is 35.6 Å². The van der Waals surface area contributed by atoms with E-state index in [1.807, 2.05) is 49.3 Å². The Kier molecular flexibility index (Phi) is 4.74. The summed E-state index contributed by atoms with van der Waals surface area (Å²) >= 11 is 0. The second kappa shape index (κ2) is 6.95. The lowest BCUT2D eigenvalue weighted by atomic mass is 10.1. The van der Waals surface area contributed by atoms with Crippen molar-refractivity contribution in [1.82, 2.24) is 0 Å². The number of hydrogen-bond donors (Lipinski definition) is 1. The summed E-state index contributed by atoms with van der Waals surface area (Å²) in [4.78, 5) is 16.7. The molecule has 4 heteroatoms. The summed E-state index contributed by atoms with van der Waals surface area (Å²) in [6, 6.07) is 16.7. The Labute approximate surface area is 144 Å². The molecule has 0 saturated heterocycles. The van der Waals surface area contributed by atoms with E-state index in [1.54, 1.807) is 0 Å². The summed E-state index contributed by atoms with van der Waals surface area (Å²) < 4.78 is 0. The molecule has 0 saturated carbocycles. The first-order valence-corrected chi connectivity index (χ1v) is 8.47. The lowest BCUT2D eigenvalue weighted by Crippen LogP contribution is -2.36. The molecule has 0 fully saturated rings. The van der Waals surface area contributed by atoms with E-state index in [0.29, 0.717) is 13.0 Å². The Hall–Kier alpha value is -2.49. The number of para-hydroxylation sites is 1. The lowest BCUT2D eigenvalue weighted by molar-refractivity contribution is -0.118. The number of carbonyl (C=O) groups excluding carboxylic acids is 1. The lowest BCUT2D eigenvalue weighted by Gasteiger charge is -2.23. The molecule has 24 heavy (non-hydrogen) atoms. The molecule has 1 aliphatic rings. The summed E-state index contributed by atoms with van der Waals surface area (Å²) in [6.45, 7) is 2.76. The zero-order valence-electron chi connectivity index (χ0n) is 14.6. The molecule has 1 amide bonds. The van der Waals surface area contributed by atoms with E-state index in [0.717, 1.165) is 17.8 Å². The van der Waals surface area contributed by atoms with Crippen molar-refractivity contribution < 1.29 is 4.79 Å². The molecule has 0 aromatic heterocycles. The van der Waals surface area contributed by atoms with E-state index in [1.165, 1.54) is 11.3 Å². The minimum absolute atomic E-state index is 0.185. The van der Waals surface area contributed by atoms with E-state index in [4.69, 9.17) is 0 Å². The van der Waals surface area contributed by atoms with Gasteiger partial charge in [-0.1, -0.05) is 18.2 Å². The van der Waals surface area contributed by atoms with E-state index < -0.39 is 0 Å². The van der Waals surface area contributed by atoms with Crippen molar-refractivity contribution in [1.29, 1.82) is 0 Å². The van der Waals surface area contributed by atoms with Crippen LogP contribution in [0.4, 0.5) is 17.1 Å². The number of rotatable bonds is 5. The minimum atomic E-state index is 0.185. The Morgan fingerprint density at radius 2 is 1.88 bits per heavy atom. The summed E-state index contributed by atoms with van der Waals surface area (Å²) in [5, 5.41) is 3.34. The van der Waals surface area contributed by atoms with Crippen molar-refractivity contribution in [3.05, 3.63) is 54.1 Å². The van der Waals surface area contributed by atoms with Gasteiger partial charge in [-0.05, 0) is 49.2 Å². The smallest absolute Gasteiger partial charge is 0.229 e. The van der Waals surface area contributed by atoms with Crippen molar-refractivity contribution in [2.45, 2.75) is 25.8 Å². The Morgan fingerprint density at radius 3 is 2.58 bits per heavy atom. The van der Waals surface area contributed by atoms with Crippen molar-refractivity contribution in [3.8, 4) is 0 Å². The van der Waals surface area contributed by atoms with Gasteiger partial charge in [0, 0.05) is 50.2 Å². The number of benzene rings is 2. The highest BCUT2D eigenvalue weighted by Crippen LogP contribution is 2.32. The fraction of sp³-hybridized carbons (Fsp3) is 0.350. The molecule has 2 aromatic carbocycles. The van der Waals surface area contributed by atoms with Crippen LogP contribution in [-0.2, 0) is 11.2 Å². The Morgan fingerprint density at radius 1 is 1.17 bits per heavy atom. The highest BCUT2D eigenvalue weighted by Gasteiger charge is 2.29. The number of amides is 1. The van der Waals surface area contributed by atoms with Gasteiger partial charge >= 0.3 is 0 Å². The van der Waals surface area contributed by atoms with E-state index in [9.17, 15) is 4.79 Å². The normalized spacial score (nSPS) is 16.0. The minimum Gasteiger partial charge on any atom is -0.385 e. The van der Waals surface area contributed by atoms with Crippen LogP contribution in [0.15, 0.2) is 48.5 Å². The van der Waals surface area contributed by atoms with Crippen LogP contribution in [0.3, 0.4) is 0 Å². The number of nitrogens with zero attached hydrogens (tertiary/aromatic N) is 2. The van der Waals surface area contributed by atoms with Crippen LogP contribution in [-0.4, -0.2) is 32.6 Å². The molecule has 3 rings (SSSR count).